The van der Waals surface area contributed by atoms with Crippen molar-refractivity contribution in [1.29, 1.82) is 0 Å². The summed E-state index contributed by atoms with van der Waals surface area (Å²) in [5.74, 6) is 0. The maximum Gasteiger partial charge on any atom is 0.0678 e. The summed E-state index contributed by atoms with van der Waals surface area (Å²) in [4.78, 5) is 2.49. The van der Waals surface area contributed by atoms with Crippen molar-refractivity contribution in [3.05, 3.63) is 0 Å². The van der Waals surface area contributed by atoms with Gasteiger partial charge in [-0.2, -0.15) is 0 Å². The van der Waals surface area contributed by atoms with Gasteiger partial charge in [0.25, 0.3) is 0 Å². The third kappa shape index (κ3) is 2.40. The Kier molecular flexibility index (Phi) is 3.85. The first-order chi connectivity index (χ1) is 7.66. The largest absolute Gasteiger partial charge is 0.379 e. The average Bonchev–Trinajstić information content (AvgIpc) is 2.28. The second-order valence-corrected chi connectivity index (χ2v) is 5.25. The van der Waals surface area contributed by atoms with E-state index in [-0.39, 0.29) is 5.54 Å². The molecule has 16 heavy (non-hydrogen) atoms. The van der Waals surface area contributed by atoms with Crippen molar-refractivity contribution in [2.75, 3.05) is 32.8 Å². The number of morpholine rings is 1. The van der Waals surface area contributed by atoms with E-state index >= 15 is 0 Å². The van der Waals surface area contributed by atoms with Gasteiger partial charge in [0, 0.05) is 26.2 Å². The van der Waals surface area contributed by atoms with Gasteiger partial charge in [-0.3, -0.25) is 4.90 Å². The number of nitrogens with zero attached hydrogens (tertiary/aromatic N) is 1. The van der Waals surface area contributed by atoms with Gasteiger partial charge in [0.2, 0.25) is 0 Å². The van der Waals surface area contributed by atoms with Crippen LogP contribution >= 0.6 is 0 Å². The Morgan fingerprint density at radius 2 is 2.00 bits per heavy atom. The predicted molar refractivity (Wildman–Crippen MR) is 63.4 cm³/mol. The number of nitrogens with two attached hydrogens (primary N) is 1. The molecule has 0 saturated carbocycles. The fourth-order valence-electron chi connectivity index (χ4n) is 2.94. The van der Waals surface area contributed by atoms with E-state index in [1.807, 2.05) is 0 Å². The highest BCUT2D eigenvalue weighted by Gasteiger charge is 2.40. The molecule has 0 amide bonds. The van der Waals surface area contributed by atoms with Crippen LogP contribution in [0.15, 0.2) is 0 Å². The molecule has 0 aromatic carbocycles. The van der Waals surface area contributed by atoms with Gasteiger partial charge >= 0.3 is 0 Å². The second-order valence-electron chi connectivity index (χ2n) is 5.25. The average molecular weight is 228 g/mol. The van der Waals surface area contributed by atoms with Gasteiger partial charge in [-0.1, -0.05) is 0 Å². The molecule has 2 aliphatic heterocycles. The number of ether oxygens (including phenoxy) is 2. The minimum absolute atomic E-state index is 0.0601. The van der Waals surface area contributed by atoms with Gasteiger partial charge in [-0.25, -0.2) is 0 Å². The van der Waals surface area contributed by atoms with Crippen molar-refractivity contribution in [2.24, 2.45) is 5.73 Å². The molecule has 2 fully saturated rings. The minimum atomic E-state index is 0.0601. The van der Waals surface area contributed by atoms with E-state index < -0.39 is 0 Å². The highest BCUT2D eigenvalue weighted by atomic mass is 16.5. The highest BCUT2D eigenvalue weighted by molar-refractivity contribution is 4.96. The van der Waals surface area contributed by atoms with E-state index in [1.54, 1.807) is 0 Å². The van der Waals surface area contributed by atoms with Gasteiger partial charge < -0.3 is 15.2 Å². The van der Waals surface area contributed by atoms with Gasteiger partial charge in [-0.15, -0.1) is 0 Å². The summed E-state index contributed by atoms with van der Waals surface area (Å²) in [6.45, 7) is 8.58. The third-order valence-corrected chi connectivity index (χ3v) is 3.77. The van der Waals surface area contributed by atoms with Crippen LogP contribution in [0.1, 0.15) is 26.7 Å². The van der Waals surface area contributed by atoms with Crippen LogP contribution in [0.2, 0.25) is 0 Å². The fourth-order valence-corrected chi connectivity index (χ4v) is 2.94. The standard InChI is InChI=1S/C12H24N2O2/c1-10-6-14(7-11(2)16-10)12(8-13)4-3-5-15-9-12/h10-11H,3-9,13H2,1-2H3/t10-,11+,12?. The molecule has 2 heterocycles. The zero-order valence-corrected chi connectivity index (χ0v) is 10.4. The van der Waals surface area contributed by atoms with Crippen molar-refractivity contribution in [2.45, 2.75) is 44.4 Å². The van der Waals surface area contributed by atoms with E-state index in [4.69, 9.17) is 15.2 Å². The lowest BCUT2D eigenvalue weighted by Gasteiger charge is -2.49. The summed E-state index contributed by atoms with van der Waals surface area (Å²) < 4.78 is 11.4. The summed E-state index contributed by atoms with van der Waals surface area (Å²) in [6.07, 6.45) is 2.88. The van der Waals surface area contributed by atoms with E-state index in [0.717, 1.165) is 39.1 Å². The molecular weight excluding hydrogens is 204 g/mol. The maximum absolute atomic E-state index is 6.00. The molecule has 0 bridgehead atoms. The molecule has 0 aromatic heterocycles. The van der Waals surface area contributed by atoms with Crippen LogP contribution in [0.4, 0.5) is 0 Å². The summed E-state index contributed by atoms with van der Waals surface area (Å²) in [5.41, 5.74) is 6.06. The molecule has 2 rings (SSSR count). The van der Waals surface area contributed by atoms with Crippen molar-refractivity contribution in [3.8, 4) is 0 Å². The molecule has 1 unspecified atom stereocenters. The maximum atomic E-state index is 6.00. The van der Waals surface area contributed by atoms with Crippen LogP contribution < -0.4 is 5.73 Å². The molecule has 0 aliphatic carbocycles. The van der Waals surface area contributed by atoms with Gasteiger partial charge in [0.05, 0.1) is 24.4 Å². The minimum Gasteiger partial charge on any atom is -0.379 e. The van der Waals surface area contributed by atoms with E-state index in [0.29, 0.717) is 18.8 Å². The van der Waals surface area contributed by atoms with Crippen LogP contribution in [-0.4, -0.2) is 55.5 Å². The quantitative estimate of drug-likeness (QED) is 0.752. The predicted octanol–water partition coefficient (Wildman–Crippen LogP) is 0.604. The van der Waals surface area contributed by atoms with E-state index in [1.165, 1.54) is 0 Å². The van der Waals surface area contributed by atoms with Gasteiger partial charge in [-0.05, 0) is 26.7 Å². The van der Waals surface area contributed by atoms with Gasteiger partial charge in [0.15, 0.2) is 0 Å². The number of hydrogen-bond donors (Lipinski definition) is 1. The summed E-state index contributed by atoms with van der Waals surface area (Å²) in [7, 11) is 0. The molecule has 94 valence electrons. The van der Waals surface area contributed by atoms with Crippen molar-refractivity contribution in [3.63, 3.8) is 0 Å². The zero-order valence-electron chi connectivity index (χ0n) is 10.4. The first-order valence-corrected chi connectivity index (χ1v) is 6.34. The molecule has 2 saturated heterocycles. The Hall–Kier alpha value is -0.160. The topological polar surface area (TPSA) is 47.7 Å². The van der Waals surface area contributed by atoms with Crippen molar-refractivity contribution in [1.82, 2.24) is 4.90 Å². The molecule has 0 radical (unpaired) electrons. The van der Waals surface area contributed by atoms with Crippen LogP contribution in [-0.2, 0) is 9.47 Å². The first-order valence-electron chi connectivity index (χ1n) is 6.34. The molecule has 4 heteroatoms. The number of rotatable bonds is 2. The highest BCUT2D eigenvalue weighted by Crippen LogP contribution is 2.28. The Morgan fingerprint density at radius 3 is 2.50 bits per heavy atom. The monoisotopic (exact) mass is 228 g/mol. The van der Waals surface area contributed by atoms with Gasteiger partial charge in [0.1, 0.15) is 0 Å². The molecule has 0 aromatic rings. The second kappa shape index (κ2) is 5.00. The van der Waals surface area contributed by atoms with Crippen molar-refractivity contribution >= 4 is 0 Å². The summed E-state index contributed by atoms with van der Waals surface area (Å²) in [6, 6.07) is 0. The molecular formula is C12H24N2O2. The SMILES string of the molecule is C[C@@H]1CN(C2(CN)CCCOC2)C[C@H](C)O1. The Bertz CT molecular complexity index is 219. The van der Waals surface area contributed by atoms with Crippen LogP contribution in [0.25, 0.3) is 0 Å². The molecule has 4 nitrogen and oxygen atoms in total. The van der Waals surface area contributed by atoms with Crippen LogP contribution in [0, 0.1) is 0 Å². The normalized spacial score (nSPS) is 42.2. The van der Waals surface area contributed by atoms with Crippen molar-refractivity contribution < 1.29 is 9.47 Å². The first kappa shape index (κ1) is 12.3. The lowest BCUT2D eigenvalue weighted by atomic mass is 9.89. The zero-order chi connectivity index (χ0) is 11.6. The van der Waals surface area contributed by atoms with Crippen LogP contribution in [0.5, 0.6) is 0 Å². The molecule has 0 spiro atoms. The van der Waals surface area contributed by atoms with E-state index in [9.17, 15) is 0 Å². The fraction of sp³-hybridized carbons (Fsp3) is 1.00. The Morgan fingerprint density at radius 1 is 1.31 bits per heavy atom. The smallest absolute Gasteiger partial charge is 0.0678 e. The lowest BCUT2D eigenvalue weighted by Crippen LogP contribution is -2.63. The molecule has 2 aliphatic rings. The Balaban J connectivity index is 2.07. The molecule has 2 N–H and O–H groups in total. The Labute approximate surface area is 98.1 Å². The lowest BCUT2D eigenvalue weighted by molar-refractivity contribution is -0.129. The van der Waals surface area contributed by atoms with E-state index in [2.05, 4.69) is 18.7 Å². The molecule has 3 atom stereocenters. The summed E-state index contributed by atoms with van der Waals surface area (Å²) in [5, 5.41) is 0. The van der Waals surface area contributed by atoms with Crippen LogP contribution in [0.3, 0.4) is 0 Å². The number of hydrogen-bond acceptors (Lipinski definition) is 4. The summed E-state index contributed by atoms with van der Waals surface area (Å²) >= 11 is 0. The third-order valence-electron chi connectivity index (χ3n) is 3.77.